The molecule has 0 amide bonds. The molecule has 0 spiro atoms. The quantitative estimate of drug-likeness (QED) is 0.898. The van der Waals surface area contributed by atoms with Gasteiger partial charge in [-0.25, -0.2) is 4.98 Å². The Hall–Kier alpha value is -1.95. The fourth-order valence-corrected chi connectivity index (χ4v) is 1.76. The molecule has 0 atom stereocenters. The summed E-state index contributed by atoms with van der Waals surface area (Å²) in [6, 6.07) is 7.21. The van der Waals surface area contributed by atoms with Crippen molar-refractivity contribution in [2.75, 3.05) is 5.32 Å². The average Bonchev–Trinajstić information content (AvgIpc) is 2.38. The smallest absolute Gasteiger partial charge is 0.417 e. The molecule has 0 saturated heterocycles. The molecule has 1 heterocycles. The zero-order valence-corrected chi connectivity index (χ0v) is 10.8. The largest absolute Gasteiger partial charge is 0.508 e. The second-order valence-corrected chi connectivity index (χ2v) is 4.48. The Labute approximate surface area is 118 Å². The minimum Gasteiger partial charge on any atom is -0.508 e. The number of pyridine rings is 1. The lowest BCUT2D eigenvalue weighted by atomic mass is 10.2. The molecule has 106 valence electrons. The van der Waals surface area contributed by atoms with E-state index in [1.807, 2.05) is 0 Å². The molecule has 0 saturated carbocycles. The third kappa shape index (κ3) is 3.54. The van der Waals surface area contributed by atoms with Gasteiger partial charge in [-0.15, -0.1) is 0 Å². The molecule has 0 aliphatic carbocycles. The topological polar surface area (TPSA) is 45.1 Å². The van der Waals surface area contributed by atoms with E-state index in [0.29, 0.717) is 6.54 Å². The minimum atomic E-state index is -4.47. The number of aromatic nitrogens is 1. The number of alkyl halides is 3. The molecular weight excluding hydrogens is 293 g/mol. The van der Waals surface area contributed by atoms with Crippen LogP contribution in [0, 0.1) is 0 Å². The first-order valence-corrected chi connectivity index (χ1v) is 5.98. The van der Waals surface area contributed by atoms with E-state index < -0.39 is 11.7 Å². The van der Waals surface area contributed by atoms with Crippen LogP contribution in [-0.4, -0.2) is 10.1 Å². The standard InChI is InChI=1S/C13H10ClF3N2O/c14-11-5-9(13(15,16)17)7-19-12(11)18-6-8-1-3-10(20)4-2-8/h1-5,7,20H,6H2,(H,18,19). The van der Waals surface area contributed by atoms with Crippen LogP contribution in [0.3, 0.4) is 0 Å². The van der Waals surface area contributed by atoms with E-state index in [0.717, 1.165) is 17.8 Å². The number of rotatable bonds is 3. The number of anilines is 1. The maximum absolute atomic E-state index is 12.4. The highest BCUT2D eigenvalue weighted by molar-refractivity contribution is 6.32. The summed E-state index contributed by atoms with van der Waals surface area (Å²) in [6.07, 6.45) is -3.74. The molecule has 0 bridgehead atoms. The lowest BCUT2D eigenvalue weighted by molar-refractivity contribution is -0.137. The molecule has 1 aromatic carbocycles. The van der Waals surface area contributed by atoms with Crippen LogP contribution in [0.15, 0.2) is 36.5 Å². The number of nitrogens with one attached hydrogen (secondary N) is 1. The summed E-state index contributed by atoms with van der Waals surface area (Å²) < 4.78 is 37.3. The van der Waals surface area contributed by atoms with Crippen LogP contribution < -0.4 is 5.32 Å². The molecule has 2 aromatic rings. The van der Waals surface area contributed by atoms with Crippen molar-refractivity contribution in [3.8, 4) is 5.75 Å². The Bertz CT molecular complexity index is 600. The molecule has 0 aliphatic rings. The Morgan fingerprint density at radius 2 is 1.85 bits per heavy atom. The number of benzene rings is 1. The zero-order chi connectivity index (χ0) is 14.8. The number of aromatic hydroxyl groups is 1. The van der Waals surface area contributed by atoms with Crippen LogP contribution in [0.25, 0.3) is 0 Å². The molecule has 0 aliphatic heterocycles. The molecule has 2 rings (SSSR count). The van der Waals surface area contributed by atoms with Crippen molar-refractivity contribution in [1.29, 1.82) is 0 Å². The average molecular weight is 303 g/mol. The Kier molecular flexibility index (Phi) is 4.04. The first-order valence-electron chi connectivity index (χ1n) is 5.61. The number of phenols is 1. The maximum atomic E-state index is 12.4. The van der Waals surface area contributed by atoms with Gasteiger partial charge in [-0.05, 0) is 23.8 Å². The highest BCUT2D eigenvalue weighted by atomic mass is 35.5. The van der Waals surface area contributed by atoms with E-state index in [-0.39, 0.29) is 16.6 Å². The summed E-state index contributed by atoms with van der Waals surface area (Å²) >= 11 is 5.76. The number of hydrogen-bond acceptors (Lipinski definition) is 3. The van der Waals surface area contributed by atoms with Crippen molar-refractivity contribution >= 4 is 17.4 Å². The van der Waals surface area contributed by atoms with Gasteiger partial charge in [-0.3, -0.25) is 0 Å². The van der Waals surface area contributed by atoms with E-state index in [4.69, 9.17) is 16.7 Å². The third-order valence-electron chi connectivity index (χ3n) is 2.56. The second-order valence-electron chi connectivity index (χ2n) is 4.07. The summed E-state index contributed by atoms with van der Waals surface area (Å²) in [7, 11) is 0. The van der Waals surface area contributed by atoms with Crippen LogP contribution in [0.1, 0.15) is 11.1 Å². The number of hydrogen-bond donors (Lipinski definition) is 2. The Morgan fingerprint density at radius 3 is 2.40 bits per heavy atom. The summed E-state index contributed by atoms with van der Waals surface area (Å²) in [6.45, 7) is 0.332. The van der Waals surface area contributed by atoms with Crippen molar-refractivity contribution in [3.05, 3.63) is 52.7 Å². The summed E-state index contributed by atoms with van der Waals surface area (Å²) in [5.74, 6) is 0.312. The molecule has 20 heavy (non-hydrogen) atoms. The summed E-state index contributed by atoms with van der Waals surface area (Å²) in [5.41, 5.74) is -0.0572. The lowest BCUT2D eigenvalue weighted by Gasteiger charge is -2.10. The first-order chi connectivity index (χ1) is 9.36. The lowest BCUT2D eigenvalue weighted by Crippen LogP contribution is -2.08. The van der Waals surface area contributed by atoms with E-state index >= 15 is 0 Å². The molecule has 0 fully saturated rings. The van der Waals surface area contributed by atoms with Gasteiger partial charge in [0.1, 0.15) is 11.6 Å². The molecule has 1 aromatic heterocycles. The monoisotopic (exact) mass is 302 g/mol. The molecule has 0 radical (unpaired) electrons. The predicted octanol–water partition coefficient (Wildman–Crippen LogP) is 4.07. The third-order valence-corrected chi connectivity index (χ3v) is 2.85. The van der Waals surface area contributed by atoms with E-state index in [9.17, 15) is 13.2 Å². The van der Waals surface area contributed by atoms with Crippen molar-refractivity contribution in [2.45, 2.75) is 12.7 Å². The van der Waals surface area contributed by atoms with Crippen LogP contribution in [0.2, 0.25) is 5.02 Å². The highest BCUT2D eigenvalue weighted by Gasteiger charge is 2.31. The van der Waals surface area contributed by atoms with Gasteiger partial charge in [0.25, 0.3) is 0 Å². The van der Waals surface area contributed by atoms with Gasteiger partial charge in [0.2, 0.25) is 0 Å². The van der Waals surface area contributed by atoms with Gasteiger partial charge in [0.15, 0.2) is 0 Å². The number of phenolic OH excluding ortho intramolecular Hbond substituents is 1. The maximum Gasteiger partial charge on any atom is 0.417 e. The van der Waals surface area contributed by atoms with Gasteiger partial charge in [-0.1, -0.05) is 23.7 Å². The summed E-state index contributed by atoms with van der Waals surface area (Å²) in [5, 5.41) is 11.9. The molecule has 2 N–H and O–H groups in total. The number of halogens is 4. The Balaban J connectivity index is 2.08. The van der Waals surface area contributed by atoms with Crippen molar-refractivity contribution in [3.63, 3.8) is 0 Å². The molecule has 0 unspecified atom stereocenters. The normalized spacial score (nSPS) is 11.4. The van der Waals surface area contributed by atoms with Crippen molar-refractivity contribution in [1.82, 2.24) is 4.98 Å². The molecule has 3 nitrogen and oxygen atoms in total. The van der Waals surface area contributed by atoms with Crippen molar-refractivity contribution in [2.24, 2.45) is 0 Å². The van der Waals surface area contributed by atoms with Gasteiger partial charge < -0.3 is 10.4 Å². The zero-order valence-electron chi connectivity index (χ0n) is 10.1. The van der Waals surface area contributed by atoms with Gasteiger partial charge >= 0.3 is 6.18 Å². The van der Waals surface area contributed by atoms with E-state index in [1.54, 1.807) is 12.1 Å². The van der Waals surface area contributed by atoms with Gasteiger partial charge in [-0.2, -0.15) is 13.2 Å². The Morgan fingerprint density at radius 1 is 1.20 bits per heavy atom. The fraction of sp³-hybridized carbons (Fsp3) is 0.154. The molecular formula is C13H10ClF3N2O. The van der Waals surface area contributed by atoms with Crippen LogP contribution in [-0.2, 0) is 12.7 Å². The van der Waals surface area contributed by atoms with Crippen molar-refractivity contribution < 1.29 is 18.3 Å². The fourth-order valence-electron chi connectivity index (χ4n) is 1.52. The number of nitrogens with zero attached hydrogens (tertiary/aromatic N) is 1. The SMILES string of the molecule is Oc1ccc(CNc2ncc(C(F)(F)F)cc2Cl)cc1. The second kappa shape index (κ2) is 5.58. The minimum absolute atomic E-state index is 0.0985. The van der Waals surface area contributed by atoms with Crippen LogP contribution in [0.5, 0.6) is 5.75 Å². The van der Waals surface area contributed by atoms with E-state index in [1.165, 1.54) is 12.1 Å². The summed E-state index contributed by atoms with van der Waals surface area (Å²) in [4.78, 5) is 3.66. The van der Waals surface area contributed by atoms with Crippen LogP contribution >= 0.6 is 11.6 Å². The highest BCUT2D eigenvalue weighted by Crippen LogP contribution is 2.32. The van der Waals surface area contributed by atoms with Gasteiger partial charge in [0, 0.05) is 12.7 Å². The van der Waals surface area contributed by atoms with E-state index in [2.05, 4.69) is 10.3 Å². The molecule has 7 heteroatoms. The first kappa shape index (κ1) is 14.5. The predicted molar refractivity (Wildman–Crippen MR) is 69.7 cm³/mol. The van der Waals surface area contributed by atoms with Gasteiger partial charge in [0.05, 0.1) is 10.6 Å². The van der Waals surface area contributed by atoms with Crippen LogP contribution in [0.4, 0.5) is 19.0 Å².